The molecular weight excluding hydrogens is 1040 g/mol. The highest BCUT2D eigenvalue weighted by atomic mass is 31.2. The SMILES string of the molecule is CC/C=C\C/C=C\C/C=C\C/C=C\C/C=C\C/C=C\CCC(=O)OC(/C=C/CCCCCCCCCCCC)C(COP(=O)([O-])OCC[N+](C)(C)C)NC(=O)CCCCCCCCCCCCCCCCCCCCCCCCCCC. The van der Waals surface area contributed by atoms with Crippen molar-refractivity contribution in [3.63, 3.8) is 0 Å². The van der Waals surface area contributed by atoms with Crippen LogP contribution in [0.25, 0.3) is 0 Å². The molecule has 0 saturated heterocycles. The first-order chi connectivity index (χ1) is 39.9. The Morgan fingerprint density at radius 2 is 0.793 bits per heavy atom. The highest BCUT2D eigenvalue weighted by Gasteiger charge is 2.27. The van der Waals surface area contributed by atoms with Gasteiger partial charge in [0.2, 0.25) is 5.91 Å². The minimum absolute atomic E-state index is 0.0351. The molecule has 0 aromatic heterocycles. The van der Waals surface area contributed by atoms with Crippen molar-refractivity contribution in [1.82, 2.24) is 5.32 Å². The third kappa shape index (κ3) is 61.7. The molecule has 0 aromatic carbocycles. The first-order valence-corrected chi connectivity index (χ1v) is 35.9. The smallest absolute Gasteiger partial charge is 0.306 e. The van der Waals surface area contributed by atoms with E-state index in [0.29, 0.717) is 23.9 Å². The zero-order chi connectivity index (χ0) is 60.0. The number of carbonyl (C=O) groups excluding carboxylic acids is 2. The number of amides is 1. The van der Waals surface area contributed by atoms with Gasteiger partial charge in [-0.05, 0) is 70.3 Å². The lowest BCUT2D eigenvalue weighted by molar-refractivity contribution is -0.870. The molecule has 3 unspecified atom stereocenters. The van der Waals surface area contributed by atoms with Crippen LogP contribution in [-0.4, -0.2) is 69.4 Å². The molecule has 1 amide bonds. The Morgan fingerprint density at radius 1 is 0.439 bits per heavy atom. The van der Waals surface area contributed by atoms with E-state index in [1.54, 1.807) is 0 Å². The van der Waals surface area contributed by atoms with E-state index in [0.717, 1.165) is 77.0 Å². The van der Waals surface area contributed by atoms with Crippen LogP contribution >= 0.6 is 7.82 Å². The monoisotopic (exact) mass is 1170 g/mol. The van der Waals surface area contributed by atoms with Crippen molar-refractivity contribution in [1.29, 1.82) is 0 Å². The molecule has 0 bridgehead atoms. The average Bonchev–Trinajstić information content (AvgIpc) is 3.44. The van der Waals surface area contributed by atoms with E-state index in [1.165, 1.54) is 193 Å². The molecule has 1 N–H and O–H groups in total. The van der Waals surface area contributed by atoms with Gasteiger partial charge in [0.1, 0.15) is 19.3 Å². The predicted octanol–water partition coefficient (Wildman–Crippen LogP) is 21.1. The van der Waals surface area contributed by atoms with Crippen LogP contribution in [0.2, 0.25) is 0 Å². The van der Waals surface area contributed by atoms with E-state index in [4.69, 9.17) is 13.8 Å². The molecule has 82 heavy (non-hydrogen) atoms. The van der Waals surface area contributed by atoms with E-state index in [9.17, 15) is 19.0 Å². The van der Waals surface area contributed by atoms with Crippen molar-refractivity contribution in [2.24, 2.45) is 0 Å². The summed E-state index contributed by atoms with van der Waals surface area (Å²) in [6.07, 6.45) is 81.6. The Bertz CT molecular complexity index is 1680. The maximum absolute atomic E-state index is 13.6. The Kier molecular flexibility index (Phi) is 59.2. The largest absolute Gasteiger partial charge is 0.756 e. The number of likely N-dealkylation sites (N-methyl/N-ethyl adjacent to an activating group) is 1. The van der Waals surface area contributed by atoms with Crippen LogP contribution in [0.4, 0.5) is 0 Å². The number of phosphoric acid groups is 1. The maximum Gasteiger partial charge on any atom is 0.306 e. The molecule has 0 fully saturated rings. The summed E-state index contributed by atoms with van der Waals surface area (Å²) in [5.41, 5.74) is 0. The number of allylic oxidation sites excluding steroid dienone is 13. The lowest BCUT2D eigenvalue weighted by atomic mass is 10.0. The topological polar surface area (TPSA) is 114 Å². The molecular formula is C72H131N2O7P. The first-order valence-electron chi connectivity index (χ1n) is 34.4. The zero-order valence-corrected chi connectivity index (χ0v) is 55.3. The van der Waals surface area contributed by atoms with E-state index in [1.807, 2.05) is 39.4 Å². The summed E-state index contributed by atoms with van der Waals surface area (Å²) in [4.78, 5) is 40.1. The number of phosphoric ester groups is 1. The van der Waals surface area contributed by atoms with Crippen LogP contribution in [0.3, 0.4) is 0 Å². The second kappa shape index (κ2) is 61.3. The van der Waals surface area contributed by atoms with E-state index < -0.39 is 32.5 Å². The van der Waals surface area contributed by atoms with Gasteiger partial charge in [0.05, 0.1) is 33.8 Å². The summed E-state index contributed by atoms with van der Waals surface area (Å²) >= 11 is 0. The number of rotatable bonds is 62. The summed E-state index contributed by atoms with van der Waals surface area (Å²) in [6, 6.07) is -0.922. The van der Waals surface area contributed by atoms with E-state index in [2.05, 4.69) is 92.9 Å². The van der Waals surface area contributed by atoms with Crippen LogP contribution in [0.5, 0.6) is 0 Å². The number of ether oxygens (including phenoxy) is 1. The molecule has 0 aliphatic carbocycles. The maximum atomic E-state index is 13.6. The summed E-state index contributed by atoms with van der Waals surface area (Å²) in [5, 5.41) is 3.02. The molecule has 3 atom stereocenters. The lowest BCUT2D eigenvalue weighted by Gasteiger charge is -2.30. The normalized spacial score (nSPS) is 14.1. The fourth-order valence-corrected chi connectivity index (χ4v) is 10.6. The Morgan fingerprint density at radius 3 is 1.17 bits per heavy atom. The minimum atomic E-state index is -4.72. The zero-order valence-electron chi connectivity index (χ0n) is 54.4. The summed E-state index contributed by atoms with van der Waals surface area (Å²) in [6.45, 7) is 6.71. The number of hydrogen-bond acceptors (Lipinski definition) is 7. The first kappa shape index (κ1) is 79.2. The molecule has 0 radical (unpaired) electrons. The quantitative estimate of drug-likeness (QED) is 0.0212. The van der Waals surface area contributed by atoms with Crippen LogP contribution in [0.15, 0.2) is 85.1 Å². The molecule has 476 valence electrons. The fraction of sp³-hybridized carbons (Fsp3) is 0.778. The molecule has 10 heteroatoms. The molecule has 0 aliphatic heterocycles. The summed E-state index contributed by atoms with van der Waals surface area (Å²) in [5.74, 6) is -0.631. The van der Waals surface area contributed by atoms with Crippen molar-refractivity contribution in [2.45, 2.75) is 322 Å². The highest BCUT2D eigenvalue weighted by Crippen LogP contribution is 2.38. The molecule has 0 spiro atoms. The van der Waals surface area contributed by atoms with Gasteiger partial charge in [-0.15, -0.1) is 0 Å². The number of hydrogen-bond donors (Lipinski definition) is 1. The third-order valence-electron chi connectivity index (χ3n) is 15.1. The fourth-order valence-electron chi connectivity index (χ4n) is 9.84. The Hall–Kier alpha value is -2.81. The standard InChI is InChI=1S/C72H131N2O7P/c1-7-10-13-16-19-22-25-28-30-32-34-35-36-37-38-39-41-42-44-46-49-52-55-58-61-64-71(75)73-69(68-80-82(77,78)79-67-66-74(4,5)6)70(63-60-57-54-51-48-27-24-21-18-15-12-9-3)81-72(76)65-62-59-56-53-50-47-45-43-40-33-31-29-26-23-20-17-14-11-8-2/h11,14,20,23,29,31,40,43,47,50,56,59-60,63,69-70H,7-10,12-13,15-19,21-22,24-28,30,32-39,41-42,44-46,48-49,51-55,57-58,61-62,64-68H2,1-6H3,(H-,73,75,77,78)/b14-11-,23-20-,31-29-,43-40-,50-47-,59-56-,63-60+. The molecule has 9 nitrogen and oxygen atoms in total. The third-order valence-corrected chi connectivity index (χ3v) is 16.1. The highest BCUT2D eigenvalue weighted by molar-refractivity contribution is 7.45. The van der Waals surface area contributed by atoms with Crippen molar-refractivity contribution in [2.75, 3.05) is 40.9 Å². The lowest BCUT2D eigenvalue weighted by Crippen LogP contribution is -2.47. The second-order valence-electron chi connectivity index (χ2n) is 24.3. The van der Waals surface area contributed by atoms with E-state index in [-0.39, 0.29) is 18.9 Å². The molecule has 0 heterocycles. The Labute approximate surface area is 507 Å². The molecule has 0 rings (SSSR count). The minimum Gasteiger partial charge on any atom is -0.756 e. The summed E-state index contributed by atoms with van der Waals surface area (Å²) in [7, 11) is 1.15. The van der Waals surface area contributed by atoms with Crippen LogP contribution in [-0.2, 0) is 27.9 Å². The number of quaternary nitrogens is 1. The van der Waals surface area contributed by atoms with Gasteiger partial charge in [-0.1, -0.05) is 312 Å². The molecule has 0 aromatic rings. The summed E-state index contributed by atoms with van der Waals surface area (Å²) < 4.78 is 30.3. The van der Waals surface area contributed by atoms with Crippen LogP contribution in [0.1, 0.15) is 310 Å². The van der Waals surface area contributed by atoms with Gasteiger partial charge in [0.15, 0.2) is 0 Å². The van der Waals surface area contributed by atoms with Crippen molar-refractivity contribution >= 4 is 19.7 Å². The van der Waals surface area contributed by atoms with Crippen molar-refractivity contribution in [3.05, 3.63) is 85.1 Å². The molecule has 0 aliphatic rings. The van der Waals surface area contributed by atoms with Crippen molar-refractivity contribution in [3.8, 4) is 0 Å². The second-order valence-corrected chi connectivity index (χ2v) is 25.7. The number of nitrogens with zero attached hydrogens (tertiary/aromatic N) is 1. The van der Waals surface area contributed by atoms with Crippen molar-refractivity contribution < 1.29 is 37.3 Å². The number of nitrogens with one attached hydrogen (secondary N) is 1. The average molecular weight is 1170 g/mol. The van der Waals surface area contributed by atoms with E-state index >= 15 is 0 Å². The number of unbranched alkanes of at least 4 members (excludes halogenated alkanes) is 34. The van der Waals surface area contributed by atoms with Gasteiger partial charge in [-0.2, -0.15) is 0 Å². The van der Waals surface area contributed by atoms with Crippen LogP contribution < -0.4 is 10.2 Å². The van der Waals surface area contributed by atoms with Gasteiger partial charge in [0.25, 0.3) is 7.82 Å². The van der Waals surface area contributed by atoms with Gasteiger partial charge in [-0.25, -0.2) is 0 Å². The Balaban J connectivity index is 5.16. The van der Waals surface area contributed by atoms with Crippen LogP contribution in [0, 0.1) is 0 Å². The van der Waals surface area contributed by atoms with Gasteiger partial charge in [0, 0.05) is 12.8 Å². The van der Waals surface area contributed by atoms with Gasteiger partial charge in [-0.3, -0.25) is 14.2 Å². The van der Waals surface area contributed by atoms with Gasteiger partial charge >= 0.3 is 5.97 Å². The predicted molar refractivity (Wildman–Crippen MR) is 353 cm³/mol. The number of carbonyl (C=O) groups is 2. The van der Waals surface area contributed by atoms with Gasteiger partial charge < -0.3 is 28.5 Å². The number of esters is 1. The molecule has 0 saturated carbocycles.